The van der Waals surface area contributed by atoms with Crippen molar-refractivity contribution in [2.45, 2.75) is 0 Å². The van der Waals surface area contributed by atoms with E-state index in [0.29, 0.717) is 0 Å². The molecule has 0 aromatic carbocycles. The Morgan fingerprint density at radius 1 is 1.80 bits per heavy atom. The monoisotopic (exact) mass is 107 g/mol. The van der Waals surface area contributed by atoms with Crippen LogP contribution in [0.1, 0.15) is 0 Å². The van der Waals surface area contributed by atoms with Crippen LogP contribution in [-0.4, -0.2) is 12.3 Å². The van der Waals surface area contributed by atoms with Gasteiger partial charge in [0.25, 0.3) is 0 Å². The summed E-state index contributed by atoms with van der Waals surface area (Å²) in [6.07, 6.45) is 0. The van der Waals surface area contributed by atoms with Crippen LogP contribution in [0, 0.1) is 0 Å². The zero-order valence-corrected chi connectivity index (χ0v) is 4.43. The predicted octanol–water partition coefficient (Wildman–Crippen LogP) is 0.647. The topological polar surface area (TPSA) is 12.4 Å². The zero-order valence-electron chi connectivity index (χ0n) is 2.72. The van der Waals surface area contributed by atoms with Gasteiger partial charge in [0, 0.05) is 5.75 Å². The summed E-state index contributed by atoms with van der Waals surface area (Å²) in [7, 11) is 3.11. The van der Waals surface area contributed by atoms with Gasteiger partial charge in [-0.05, 0) is 0 Å². The normalized spacial score (nSPS) is 22.4. The molecule has 0 N–H and O–H groups in total. The predicted molar refractivity (Wildman–Crippen MR) is 28.5 cm³/mol. The number of hydrogen-bond acceptors (Lipinski definition) is 2. The molecule has 1 aliphatic rings. The van der Waals surface area contributed by atoms with E-state index in [9.17, 15) is 0 Å². The van der Waals surface area contributed by atoms with Crippen LogP contribution in [0.2, 0.25) is 0 Å². The smallest absolute Gasteiger partial charge is 0.0564 e. The fourth-order valence-corrected chi connectivity index (χ4v) is 1.84. The maximum absolute atomic E-state index is 4.02. The van der Waals surface area contributed by atoms with Gasteiger partial charge in [-0.2, -0.15) is 0 Å². The lowest BCUT2D eigenvalue weighted by atomic mass is 10.8. The maximum atomic E-state index is 4.02. The zero-order chi connectivity index (χ0) is 3.54. The lowest BCUT2D eigenvalue weighted by molar-refractivity contribution is 1.19. The molecule has 5 heavy (non-hydrogen) atoms. The standard InChI is InChI=1S/C2H5NS2/c1-2-4-5-3-1/h5H,1-2H2. The first kappa shape index (κ1) is 3.68. The molecule has 0 amide bonds. The fourth-order valence-electron chi connectivity index (χ4n) is 0.204. The van der Waals surface area contributed by atoms with Gasteiger partial charge in [-0.3, -0.25) is 4.36 Å². The summed E-state index contributed by atoms with van der Waals surface area (Å²) in [6, 6.07) is 0. The van der Waals surface area contributed by atoms with E-state index >= 15 is 0 Å². The van der Waals surface area contributed by atoms with E-state index in [1.807, 2.05) is 10.8 Å². The molecule has 0 unspecified atom stereocenters. The molecule has 1 aliphatic heterocycles. The van der Waals surface area contributed by atoms with Crippen molar-refractivity contribution in [3.63, 3.8) is 0 Å². The van der Waals surface area contributed by atoms with Crippen molar-refractivity contribution in [3.8, 4) is 0 Å². The summed E-state index contributed by atoms with van der Waals surface area (Å²) >= 11 is 0. The number of thiol groups is 1. The molecular weight excluding hydrogens is 102 g/mol. The highest BCUT2D eigenvalue weighted by molar-refractivity contribution is 8.62. The van der Waals surface area contributed by atoms with Crippen molar-refractivity contribution >= 4 is 21.4 Å². The van der Waals surface area contributed by atoms with Crippen LogP contribution >= 0.6 is 10.8 Å². The minimum Gasteiger partial charge on any atom is -0.257 e. The van der Waals surface area contributed by atoms with Crippen molar-refractivity contribution in [1.82, 2.24) is 0 Å². The molecular formula is C2H5NS2. The van der Waals surface area contributed by atoms with E-state index in [2.05, 4.69) is 4.36 Å². The quantitative estimate of drug-likeness (QED) is 0.354. The molecule has 0 fully saturated rings. The number of nitrogens with zero attached hydrogens (tertiary/aromatic N) is 1. The Bertz CT molecular complexity index is 45.6. The molecule has 30 valence electrons. The van der Waals surface area contributed by atoms with E-state index < -0.39 is 0 Å². The van der Waals surface area contributed by atoms with E-state index in [0.717, 1.165) is 6.54 Å². The molecule has 0 bridgehead atoms. The van der Waals surface area contributed by atoms with Crippen LogP contribution in [0.25, 0.3) is 0 Å². The highest BCUT2D eigenvalue weighted by Crippen LogP contribution is 2.04. The third-order valence-corrected chi connectivity index (χ3v) is 2.43. The first-order chi connectivity index (χ1) is 2.50. The first-order valence-corrected chi connectivity index (χ1v) is 3.93. The van der Waals surface area contributed by atoms with Gasteiger partial charge in [0.05, 0.1) is 6.54 Å². The Morgan fingerprint density at radius 2 is 2.80 bits per heavy atom. The Balaban J connectivity index is 2.32. The second-order valence-electron chi connectivity index (χ2n) is 0.780. The SMILES string of the molecule is C1CS[SH]=N1. The maximum Gasteiger partial charge on any atom is 0.0564 e. The van der Waals surface area contributed by atoms with Crippen molar-refractivity contribution < 1.29 is 0 Å². The third kappa shape index (κ3) is 0.930. The lowest BCUT2D eigenvalue weighted by Crippen LogP contribution is -1.69. The van der Waals surface area contributed by atoms with Gasteiger partial charge in [-0.25, -0.2) is 0 Å². The largest absolute Gasteiger partial charge is 0.257 e. The fraction of sp³-hybridized carbons (Fsp3) is 1.00. The number of hydrogen-bond donors (Lipinski definition) is 1. The average Bonchev–Trinajstić information content (AvgIpc) is 1.76. The van der Waals surface area contributed by atoms with Gasteiger partial charge in [0.15, 0.2) is 0 Å². The lowest BCUT2D eigenvalue weighted by Gasteiger charge is -1.66. The molecule has 0 aromatic rings. The van der Waals surface area contributed by atoms with Gasteiger partial charge in [0.2, 0.25) is 0 Å². The minimum atomic E-state index is 1.08. The number of rotatable bonds is 0. The van der Waals surface area contributed by atoms with E-state index in [1.54, 1.807) is 0 Å². The second kappa shape index (κ2) is 1.82. The van der Waals surface area contributed by atoms with Crippen LogP contribution in [-0.2, 0) is 10.6 Å². The molecule has 1 nitrogen and oxygen atoms in total. The molecule has 0 radical (unpaired) electrons. The highest BCUT2D eigenvalue weighted by atomic mass is 33.1. The summed E-state index contributed by atoms with van der Waals surface area (Å²) in [5.74, 6) is 1.24. The van der Waals surface area contributed by atoms with Gasteiger partial charge in [-0.15, -0.1) is 0 Å². The first-order valence-electron chi connectivity index (χ1n) is 1.49. The molecule has 1 rings (SSSR count). The molecule has 0 aliphatic carbocycles. The second-order valence-corrected chi connectivity index (χ2v) is 3.16. The molecule has 0 spiro atoms. The van der Waals surface area contributed by atoms with E-state index in [-0.39, 0.29) is 0 Å². The van der Waals surface area contributed by atoms with Crippen LogP contribution in [0.4, 0.5) is 0 Å². The van der Waals surface area contributed by atoms with Crippen molar-refractivity contribution in [2.24, 2.45) is 4.36 Å². The Labute approximate surface area is 38.7 Å². The summed E-state index contributed by atoms with van der Waals surface area (Å²) in [4.78, 5) is 0. The van der Waals surface area contributed by atoms with E-state index in [1.165, 1.54) is 16.3 Å². The van der Waals surface area contributed by atoms with Crippen LogP contribution in [0.15, 0.2) is 4.36 Å². The average molecular weight is 107 g/mol. The Morgan fingerprint density at radius 3 is 3.00 bits per heavy atom. The molecule has 0 aromatic heterocycles. The van der Waals surface area contributed by atoms with Crippen molar-refractivity contribution in [1.29, 1.82) is 0 Å². The van der Waals surface area contributed by atoms with Crippen LogP contribution in [0.5, 0.6) is 0 Å². The van der Waals surface area contributed by atoms with Gasteiger partial charge in [-0.1, -0.05) is 21.4 Å². The molecule has 0 saturated heterocycles. The van der Waals surface area contributed by atoms with Gasteiger partial charge >= 0.3 is 0 Å². The van der Waals surface area contributed by atoms with E-state index in [4.69, 9.17) is 0 Å². The minimum absolute atomic E-state index is 1.08. The van der Waals surface area contributed by atoms with Crippen molar-refractivity contribution in [3.05, 3.63) is 0 Å². The molecule has 1 heterocycles. The highest BCUT2D eigenvalue weighted by Gasteiger charge is 1.85. The van der Waals surface area contributed by atoms with Crippen LogP contribution in [0.3, 0.4) is 0 Å². The van der Waals surface area contributed by atoms with Crippen LogP contribution < -0.4 is 0 Å². The Hall–Kier alpha value is 0.500. The van der Waals surface area contributed by atoms with Crippen molar-refractivity contribution in [2.75, 3.05) is 12.3 Å². The molecule has 0 atom stereocenters. The molecule has 0 saturated carbocycles. The summed E-state index contributed by atoms with van der Waals surface area (Å²) < 4.78 is 4.02. The summed E-state index contributed by atoms with van der Waals surface area (Å²) in [5.41, 5.74) is 0. The third-order valence-electron chi connectivity index (χ3n) is 0.398. The van der Waals surface area contributed by atoms with Gasteiger partial charge in [0.1, 0.15) is 0 Å². The summed E-state index contributed by atoms with van der Waals surface area (Å²) in [5, 5.41) is 0. The Kier molecular flexibility index (Phi) is 1.34. The summed E-state index contributed by atoms with van der Waals surface area (Å²) in [6.45, 7) is 1.08. The van der Waals surface area contributed by atoms with Gasteiger partial charge < -0.3 is 0 Å². The molecule has 3 heteroatoms.